The van der Waals surface area contributed by atoms with Gasteiger partial charge in [0.2, 0.25) is 0 Å². The molecule has 0 unspecified atom stereocenters. The van der Waals surface area contributed by atoms with E-state index < -0.39 is 17.9 Å². The van der Waals surface area contributed by atoms with E-state index in [0.29, 0.717) is 0 Å². The van der Waals surface area contributed by atoms with E-state index in [1.54, 1.807) is 0 Å². The summed E-state index contributed by atoms with van der Waals surface area (Å²) in [6, 6.07) is 3.26. The minimum Gasteiger partial charge on any atom is -0.478 e. The first-order chi connectivity index (χ1) is 8.00. The number of carboxylic acid groups (broad SMARTS) is 1. The third kappa shape index (κ3) is 1.78. The topological polar surface area (TPSA) is 113 Å². The Balaban J connectivity index is 2.43. The number of aromatic carboxylic acids is 1. The van der Waals surface area contributed by atoms with E-state index in [4.69, 9.17) is 10.8 Å². The molecule has 88 valence electrons. The van der Waals surface area contributed by atoms with Crippen molar-refractivity contribution in [1.29, 1.82) is 0 Å². The maximum atomic E-state index is 11.4. The van der Waals surface area contributed by atoms with Crippen LogP contribution in [0.1, 0.15) is 10.4 Å². The number of benzene rings is 1. The van der Waals surface area contributed by atoms with E-state index in [1.165, 1.54) is 18.2 Å². The fourth-order valence-electron chi connectivity index (χ4n) is 1.56. The van der Waals surface area contributed by atoms with Crippen molar-refractivity contribution < 1.29 is 19.5 Å². The second-order valence-corrected chi connectivity index (χ2v) is 3.47. The second-order valence-electron chi connectivity index (χ2n) is 3.47. The molecular weight excluding hydrogens is 226 g/mol. The van der Waals surface area contributed by atoms with Crippen molar-refractivity contribution in [2.75, 3.05) is 17.2 Å². The third-order valence-electron chi connectivity index (χ3n) is 2.36. The molecule has 3 amide bonds. The highest BCUT2D eigenvalue weighted by Gasteiger charge is 2.31. The number of hydrogen-bond donors (Lipinski definition) is 3. The molecule has 0 aromatic heterocycles. The Labute approximate surface area is 95.8 Å². The maximum Gasteiger partial charge on any atom is 0.335 e. The number of rotatable bonds is 2. The first-order valence-corrected chi connectivity index (χ1v) is 4.74. The molecule has 7 heteroatoms. The van der Waals surface area contributed by atoms with Gasteiger partial charge in [-0.05, 0) is 18.2 Å². The van der Waals surface area contributed by atoms with Gasteiger partial charge < -0.3 is 16.2 Å². The number of amides is 3. The van der Waals surface area contributed by atoms with Gasteiger partial charge in [0.15, 0.2) is 0 Å². The summed E-state index contributed by atoms with van der Waals surface area (Å²) in [5, 5.41) is 11.1. The van der Waals surface area contributed by atoms with Crippen LogP contribution in [0, 0.1) is 0 Å². The molecule has 2 rings (SSSR count). The van der Waals surface area contributed by atoms with E-state index in [1.807, 2.05) is 0 Å². The lowest BCUT2D eigenvalue weighted by Crippen LogP contribution is -2.31. The molecule has 4 N–H and O–H groups in total. The molecule has 1 aromatic carbocycles. The van der Waals surface area contributed by atoms with Crippen LogP contribution in [0.15, 0.2) is 18.2 Å². The monoisotopic (exact) mass is 235 g/mol. The van der Waals surface area contributed by atoms with Crippen LogP contribution < -0.4 is 16.0 Å². The molecule has 0 atom stereocenters. The van der Waals surface area contributed by atoms with Gasteiger partial charge in [0.05, 0.1) is 23.5 Å². The molecule has 1 heterocycles. The van der Waals surface area contributed by atoms with Gasteiger partial charge in [0, 0.05) is 0 Å². The van der Waals surface area contributed by atoms with Crippen LogP contribution in [-0.4, -0.2) is 29.6 Å². The molecule has 7 nitrogen and oxygen atoms in total. The lowest BCUT2D eigenvalue weighted by molar-refractivity contribution is -0.115. The zero-order chi connectivity index (χ0) is 12.6. The minimum absolute atomic E-state index is 0.00157. The number of urea groups is 1. The van der Waals surface area contributed by atoms with Gasteiger partial charge in [-0.1, -0.05) is 0 Å². The van der Waals surface area contributed by atoms with Crippen LogP contribution in [-0.2, 0) is 4.79 Å². The van der Waals surface area contributed by atoms with E-state index in [2.05, 4.69) is 5.32 Å². The van der Waals surface area contributed by atoms with Crippen LogP contribution in [0.25, 0.3) is 0 Å². The summed E-state index contributed by atoms with van der Waals surface area (Å²) in [7, 11) is 0. The highest BCUT2D eigenvalue weighted by molar-refractivity contribution is 6.21. The molecule has 1 aliphatic heterocycles. The molecule has 1 aromatic rings. The summed E-state index contributed by atoms with van der Waals surface area (Å²) in [6.45, 7) is -0.0844. The maximum absolute atomic E-state index is 11.4. The smallest absolute Gasteiger partial charge is 0.335 e. The van der Waals surface area contributed by atoms with Crippen molar-refractivity contribution in [2.24, 2.45) is 0 Å². The standard InChI is InChI=1S/C10H9N3O4/c11-6-3-5(9(15)16)1-2-7(6)13-8(14)4-12-10(13)17/h1-3H,4,11H2,(H,12,17)(H,15,16). The molecular formula is C10H9N3O4. The number of nitrogen functional groups attached to an aromatic ring is 1. The van der Waals surface area contributed by atoms with Crippen LogP contribution >= 0.6 is 0 Å². The van der Waals surface area contributed by atoms with E-state index in [-0.39, 0.29) is 23.5 Å². The number of carbonyl (C=O) groups excluding carboxylic acids is 2. The fourth-order valence-corrected chi connectivity index (χ4v) is 1.56. The van der Waals surface area contributed by atoms with Gasteiger partial charge >= 0.3 is 12.0 Å². The number of carbonyl (C=O) groups is 3. The van der Waals surface area contributed by atoms with Crippen molar-refractivity contribution >= 4 is 29.3 Å². The van der Waals surface area contributed by atoms with Crippen molar-refractivity contribution in [3.63, 3.8) is 0 Å². The lowest BCUT2D eigenvalue weighted by atomic mass is 10.1. The molecule has 0 radical (unpaired) electrons. The Kier molecular flexibility index (Phi) is 2.43. The van der Waals surface area contributed by atoms with Crippen molar-refractivity contribution in [2.45, 2.75) is 0 Å². The largest absolute Gasteiger partial charge is 0.478 e. The average Bonchev–Trinajstić information content (AvgIpc) is 2.59. The first-order valence-electron chi connectivity index (χ1n) is 4.74. The Morgan fingerprint density at radius 2 is 2.12 bits per heavy atom. The Morgan fingerprint density at radius 1 is 1.41 bits per heavy atom. The summed E-state index contributed by atoms with van der Waals surface area (Å²) >= 11 is 0. The first kappa shape index (κ1) is 10.9. The van der Waals surface area contributed by atoms with E-state index in [9.17, 15) is 14.4 Å². The zero-order valence-corrected chi connectivity index (χ0v) is 8.64. The minimum atomic E-state index is -1.12. The normalized spacial score (nSPS) is 14.9. The zero-order valence-electron chi connectivity index (χ0n) is 8.64. The second kappa shape index (κ2) is 3.78. The number of anilines is 2. The predicted octanol–water partition coefficient (Wildman–Crippen LogP) is 0.0232. The van der Waals surface area contributed by atoms with Gasteiger partial charge in [-0.2, -0.15) is 0 Å². The van der Waals surface area contributed by atoms with Gasteiger partial charge in [-0.15, -0.1) is 0 Å². The highest BCUT2D eigenvalue weighted by Crippen LogP contribution is 2.26. The van der Waals surface area contributed by atoms with Crippen LogP contribution in [0.4, 0.5) is 16.2 Å². The Bertz CT molecular complexity index is 510. The average molecular weight is 235 g/mol. The lowest BCUT2D eigenvalue weighted by Gasteiger charge is -2.14. The summed E-state index contributed by atoms with van der Waals surface area (Å²) in [6.07, 6.45) is 0. The van der Waals surface area contributed by atoms with E-state index in [0.717, 1.165) is 4.90 Å². The molecule has 1 saturated heterocycles. The Morgan fingerprint density at radius 3 is 2.59 bits per heavy atom. The summed E-state index contributed by atoms with van der Waals surface area (Å²) in [5.74, 6) is -1.55. The van der Waals surface area contributed by atoms with Crippen LogP contribution in [0.5, 0.6) is 0 Å². The van der Waals surface area contributed by atoms with Crippen molar-refractivity contribution in [1.82, 2.24) is 5.32 Å². The SMILES string of the molecule is Nc1cc(C(=O)O)ccc1N1C(=O)CNC1=O. The van der Waals surface area contributed by atoms with Gasteiger partial charge in [0.25, 0.3) is 5.91 Å². The van der Waals surface area contributed by atoms with Crippen LogP contribution in [0.3, 0.4) is 0 Å². The summed E-state index contributed by atoms with van der Waals surface area (Å²) in [4.78, 5) is 34.4. The molecule has 1 aliphatic rings. The number of carboxylic acids is 1. The summed E-state index contributed by atoms with van der Waals surface area (Å²) < 4.78 is 0. The van der Waals surface area contributed by atoms with Crippen molar-refractivity contribution in [3.05, 3.63) is 23.8 Å². The van der Waals surface area contributed by atoms with Crippen molar-refractivity contribution in [3.8, 4) is 0 Å². The molecule has 0 bridgehead atoms. The summed E-state index contributed by atoms with van der Waals surface area (Å²) in [5.41, 5.74) is 5.88. The van der Waals surface area contributed by atoms with Gasteiger partial charge in [0.1, 0.15) is 0 Å². The molecule has 0 saturated carbocycles. The molecule has 0 spiro atoms. The third-order valence-corrected chi connectivity index (χ3v) is 2.36. The number of hydrogen-bond acceptors (Lipinski definition) is 4. The predicted molar refractivity (Wildman–Crippen MR) is 58.7 cm³/mol. The molecule has 1 fully saturated rings. The number of imide groups is 1. The van der Waals surface area contributed by atoms with Gasteiger partial charge in [-0.3, -0.25) is 4.79 Å². The Hall–Kier alpha value is -2.57. The molecule has 17 heavy (non-hydrogen) atoms. The van der Waals surface area contributed by atoms with E-state index >= 15 is 0 Å². The van der Waals surface area contributed by atoms with Gasteiger partial charge in [-0.25, -0.2) is 14.5 Å². The number of nitrogens with one attached hydrogen (secondary N) is 1. The number of nitrogens with two attached hydrogens (primary N) is 1. The molecule has 0 aliphatic carbocycles. The quantitative estimate of drug-likeness (QED) is 0.494. The number of nitrogens with zero attached hydrogens (tertiary/aromatic N) is 1. The highest BCUT2D eigenvalue weighted by atomic mass is 16.4. The van der Waals surface area contributed by atoms with Crippen LogP contribution in [0.2, 0.25) is 0 Å². The fraction of sp³-hybridized carbons (Fsp3) is 0.100.